The van der Waals surface area contributed by atoms with Crippen LogP contribution < -0.4 is 5.73 Å². The zero-order valence-corrected chi connectivity index (χ0v) is 6.16. The standard InChI is InChI=1S/C7H9N3O/c1-2-3-5-4-9-10-6(5)7(8)11/h2-4H,1H3,(H2,8,11)(H,9,10). The Hall–Kier alpha value is -1.58. The van der Waals surface area contributed by atoms with E-state index < -0.39 is 5.91 Å². The summed E-state index contributed by atoms with van der Waals surface area (Å²) >= 11 is 0. The van der Waals surface area contributed by atoms with Crippen molar-refractivity contribution in [1.29, 1.82) is 0 Å². The fourth-order valence-electron chi connectivity index (χ4n) is 0.799. The Kier molecular flexibility index (Phi) is 2.06. The van der Waals surface area contributed by atoms with Crippen molar-refractivity contribution in [1.82, 2.24) is 10.2 Å². The molecule has 0 bridgehead atoms. The molecule has 1 rings (SSSR count). The largest absolute Gasteiger partial charge is 0.364 e. The van der Waals surface area contributed by atoms with Crippen LogP contribution in [0.3, 0.4) is 0 Å². The number of nitrogens with one attached hydrogen (secondary N) is 1. The highest BCUT2D eigenvalue weighted by atomic mass is 16.1. The maximum Gasteiger partial charge on any atom is 0.267 e. The van der Waals surface area contributed by atoms with Crippen LogP contribution >= 0.6 is 0 Å². The second kappa shape index (κ2) is 3.01. The van der Waals surface area contributed by atoms with Crippen LogP contribution in [0, 0.1) is 0 Å². The van der Waals surface area contributed by atoms with Gasteiger partial charge in [0.25, 0.3) is 5.91 Å². The number of allylic oxidation sites excluding steroid dienone is 1. The number of hydrogen-bond acceptors (Lipinski definition) is 2. The molecule has 58 valence electrons. The van der Waals surface area contributed by atoms with Gasteiger partial charge in [-0.3, -0.25) is 9.89 Å². The zero-order valence-electron chi connectivity index (χ0n) is 6.16. The number of rotatable bonds is 2. The normalized spacial score (nSPS) is 10.6. The Morgan fingerprint density at radius 1 is 1.82 bits per heavy atom. The molecule has 4 nitrogen and oxygen atoms in total. The van der Waals surface area contributed by atoms with Crippen LogP contribution in [0.2, 0.25) is 0 Å². The fraction of sp³-hybridized carbons (Fsp3) is 0.143. The summed E-state index contributed by atoms with van der Waals surface area (Å²) in [5.41, 5.74) is 6.12. The van der Waals surface area contributed by atoms with E-state index in [4.69, 9.17) is 5.73 Å². The number of aromatic amines is 1. The van der Waals surface area contributed by atoms with Gasteiger partial charge in [-0.15, -0.1) is 0 Å². The second-order valence-corrected chi connectivity index (χ2v) is 2.06. The lowest BCUT2D eigenvalue weighted by molar-refractivity contribution is 0.0995. The number of carbonyl (C=O) groups is 1. The Balaban J connectivity index is 3.05. The van der Waals surface area contributed by atoms with Gasteiger partial charge in [-0.2, -0.15) is 5.10 Å². The maximum atomic E-state index is 10.7. The molecular formula is C7H9N3O. The Bertz CT molecular complexity index is 288. The lowest BCUT2D eigenvalue weighted by atomic mass is 10.2. The monoisotopic (exact) mass is 151 g/mol. The van der Waals surface area contributed by atoms with Crippen molar-refractivity contribution in [2.75, 3.05) is 0 Å². The number of H-pyrrole nitrogens is 1. The summed E-state index contributed by atoms with van der Waals surface area (Å²) in [6.45, 7) is 1.86. The molecule has 0 fully saturated rings. The topological polar surface area (TPSA) is 71.8 Å². The molecule has 0 unspecified atom stereocenters. The number of nitrogens with two attached hydrogens (primary N) is 1. The quantitative estimate of drug-likeness (QED) is 0.647. The maximum absolute atomic E-state index is 10.7. The minimum Gasteiger partial charge on any atom is -0.364 e. The molecule has 11 heavy (non-hydrogen) atoms. The van der Waals surface area contributed by atoms with E-state index in [1.807, 2.05) is 13.0 Å². The molecule has 0 saturated carbocycles. The molecule has 0 saturated heterocycles. The molecule has 1 aromatic rings. The average Bonchev–Trinajstić information content (AvgIpc) is 2.36. The summed E-state index contributed by atoms with van der Waals surface area (Å²) in [6, 6.07) is 0. The number of hydrogen-bond donors (Lipinski definition) is 2. The third kappa shape index (κ3) is 1.46. The lowest BCUT2D eigenvalue weighted by Crippen LogP contribution is -2.12. The van der Waals surface area contributed by atoms with E-state index in [0.717, 1.165) is 5.56 Å². The molecule has 1 aromatic heterocycles. The number of amides is 1. The molecule has 0 aliphatic heterocycles. The van der Waals surface area contributed by atoms with Gasteiger partial charge in [0.2, 0.25) is 0 Å². The van der Waals surface area contributed by atoms with Gasteiger partial charge in [0, 0.05) is 5.56 Å². The smallest absolute Gasteiger partial charge is 0.267 e. The molecule has 0 aromatic carbocycles. The van der Waals surface area contributed by atoms with E-state index in [-0.39, 0.29) is 0 Å². The molecule has 1 heterocycles. The SMILES string of the molecule is CC=Cc1cn[nH]c1C(N)=O. The minimum absolute atomic E-state index is 0.350. The van der Waals surface area contributed by atoms with Gasteiger partial charge in [-0.1, -0.05) is 12.2 Å². The van der Waals surface area contributed by atoms with Crippen LogP contribution in [0.25, 0.3) is 6.08 Å². The van der Waals surface area contributed by atoms with Crippen molar-refractivity contribution in [3.05, 3.63) is 23.5 Å². The van der Waals surface area contributed by atoms with Gasteiger partial charge in [0.05, 0.1) is 6.20 Å². The summed E-state index contributed by atoms with van der Waals surface area (Å²) in [5, 5.41) is 6.20. The summed E-state index contributed by atoms with van der Waals surface area (Å²) in [5.74, 6) is -0.490. The number of aromatic nitrogens is 2. The van der Waals surface area contributed by atoms with E-state index in [2.05, 4.69) is 10.2 Å². The van der Waals surface area contributed by atoms with Crippen LogP contribution in [0.1, 0.15) is 23.0 Å². The third-order valence-corrected chi connectivity index (χ3v) is 1.26. The Morgan fingerprint density at radius 3 is 3.09 bits per heavy atom. The first-order valence-corrected chi connectivity index (χ1v) is 3.21. The molecule has 0 radical (unpaired) electrons. The molecule has 0 aliphatic rings. The van der Waals surface area contributed by atoms with Gasteiger partial charge in [0.1, 0.15) is 5.69 Å². The number of carbonyl (C=O) groups excluding carboxylic acids is 1. The summed E-state index contributed by atoms with van der Waals surface area (Å²) in [4.78, 5) is 10.7. The summed E-state index contributed by atoms with van der Waals surface area (Å²) < 4.78 is 0. The molecule has 1 amide bonds. The average molecular weight is 151 g/mol. The number of primary amides is 1. The molecule has 0 spiro atoms. The van der Waals surface area contributed by atoms with Crippen LogP contribution in [0.4, 0.5) is 0 Å². The van der Waals surface area contributed by atoms with Crippen LogP contribution in [0.15, 0.2) is 12.3 Å². The summed E-state index contributed by atoms with van der Waals surface area (Å²) in [6.07, 6.45) is 5.14. The van der Waals surface area contributed by atoms with Crippen LogP contribution in [-0.2, 0) is 0 Å². The van der Waals surface area contributed by atoms with E-state index in [1.54, 1.807) is 12.3 Å². The lowest BCUT2D eigenvalue weighted by Gasteiger charge is -1.89. The Labute approximate surface area is 64.1 Å². The van der Waals surface area contributed by atoms with Crippen LogP contribution in [0.5, 0.6) is 0 Å². The van der Waals surface area contributed by atoms with Crippen LogP contribution in [-0.4, -0.2) is 16.1 Å². The first-order chi connectivity index (χ1) is 5.25. The van der Waals surface area contributed by atoms with E-state index >= 15 is 0 Å². The minimum atomic E-state index is -0.490. The number of nitrogens with zero attached hydrogens (tertiary/aromatic N) is 1. The second-order valence-electron chi connectivity index (χ2n) is 2.06. The first kappa shape index (κ1) is 7.53. The van der Waals surface area contributed by atoms with Gasteiger partial charge < -0.3 is 5.73 Å². The molecule has 0 atom stereocenters. The highest BCUT2D eigenvalue weighted by Gasteiger charge is 2.06. The zero-order chi connectivity index (χ0) is 8.27. The van der Waals surface area contributed by atoms with Gasteiger partial charge in [-0.25, -0.2) is 0 Å². The van der Waals surface area contributed by atoms with Crippen molar-refractivity contribution in [3.8, 4) is 0 Å². The van der Waals surface area contributed by atoms with Crippen molar-refractivity contribution < 1.29 is 4.79 Å². The van der Waals surface area contributed by atoms with E-state index in [0.29, 0.717) is 5.69 Å². The van der Waals surface area contributed by atoms with Gasteiger partial charge >= 0.3 is 0 Å². The van der Waals surface area contributed by atoms with Crippen molar-refractivity contribution >= 4 is 12.0 Å². The molecule has 3 N–H and O–H groups in total. The van der Waals surface area contributed by atoms with Gasteiger partial charge in [-0.05, 0) is 6.92 Å². The van der Waals surface area contributed by atoms with Crippen molar-refractivity contribution in [2.45, 2.75) is 6.92 Å². The first-order valence-electron chi connectivity index (χ1n) is 3.21. The Morgan fingerprint density at radius 2 is 2.55 bits per heavy atom. The predicted molar refractivity (Wildman–Crippen MR) is 41.8 cm³/mol. The highest BCUT2D eigenvalue weighted by Crippen LogP contribution is 2.04. The predicted octanol–water partition coefficient (Wildman–Crippen LogP) is 0.542. The fourth-order valence-corrected chi connectivity index (χ4v) is 0.799. The highest BCUT2D eigenvalue weighted by molar-refractivity contribution is 5.94. The van der Waals surface area contributed by atoms with E-state index in [9.17, 15) is 4.79 Å². The van der Waals surface area contributed by atoms with Crippen molar-refractivity contribution in [3.63, 3.8) is 0 Å². The molecular weight excluding hydrogens is 142 g/mol. The summed E-state index contributed by atoms with van der Waals surface area (Å²) in [7, 11) is 0. The van der Waals surface area contributed by atoms with Crippen molar-refractivity contribution in [2.24, 2.45) is 5.73 Å². The molecule has 0 aliphatic carbocycles. The third-order valence-electron chi connectivity index (χ3n) is 1.26. The van der Waals surface area contributed by atoms with E-state index in [1.165, 1.54) is 0 Å². The molecule has 4 heteroatoms. The van der Waals surface area contributed by atoms with Gasteiger partial charge in [0.15, 0.2) is 0 Å².